The molecule has 4 aromatic carbocycles. The Kier molecular flexibility index (Phi) is 7.58. The van der Waals surface area contributed by atoms with Crippen LogP contribution < -0.4 is 19.8 Å². The second-order valence-electron chi connectivity index (χ2n) is 7.91. The molecule has 5 nitrogen and oxygen atoms in total. The smallest absolute Gasteiger partial charge is 0.383 e. The van der Waals surface area contributed by atoms with Crippen LogP contribution in [0.3, 0.4) is 0 Å². The van der Waals surface area contributed by atoms with Gasteiger partial charge in [-0.1, -0.05) is 66.7 Å². The molecule has 0 saturated carbocycles. The minimum atomic E-state index is -0.606. The molecule has 0 aliphatic carbocycles. The molecule has 5 aromatic rings. The lowest BCUT2D eigenvalue weighted by atomic mass is 10.2. The van der Waals surface area contributed by atoms with Crippen LogP contribution >= 0.6 is 38.5 Å². The van der Waals surface area contributed by atoms with Crippen molar-refractivity contribution in [2.45, 2.75) is 13.2 Å². The Labute approximate surface area is 229 Å². The maximum Gasteiger partial charge on any atom is 0.383 e. The van der Waals surface area contributed by atoms with E-state index >= 15 is 0 Å². The van der Waals surface area contributed by atoms with E-state index in [9.17, 15) is 4.79 Å². The van der Waals surface area contributed by atoms with Crippen molar-refractivity contribution < 1.29 is 18.6 Å². The summed E-state index contributed by atoms with van der Waals surface area (Å²) in [6.45, 7) is 0.613. The largest absolute Gasteiger partial charge is 0.489 e. The second kappa shape index (κ2) is 11.2. The zero-order chi connectivity index (χ0) is 24.9. The van der Waals surface area contributed by atoms with Crippen LogP contribution in [0.4, 0.5) is 0 Å². The zero-order valence-corrected chi connectivity index (χ0v) is 22.7. The average Bonchev–Trinajstić information content (AvgIpc) is 2.90. The normalized spacial score (nSPS) is 10.8. The zero-order valence-electron chi connectivity index (χ0n) is 18.9. The summed E-state index contributed by atoms with van der Waals surface area (Å²) >= 11 is 5.69. The van der Waals surface area contributed by atoms with Crippen LogP contribution in [0.5, 0.6) is 23.0 Å². The molecule has 180 valence electrons. The third-order valence-corrected chi connectivity index (χ3v) is 6.89. The van der Waals surface area contributed by atoms with E-state index < -0.39 is 5.63 Å². The number of halogens is 2. The highest BCUT2D eigenvalue weighted by atomic mass is 127. The van der Waals surface area contributed by atoms with Crippen molar-refractivity contribution in [3.8, 4) is 23.0 Å². The van der Waals surface area contributed by atoms with Crippen LogP contribution in [0.1, 0.15) is 11.1 Å². The first kappa shape index (κ1) is 24.4. The second-order valence-corrected chi connectivity index (χ2v) is 9.92. The first-order valence-electron chi connectivity index (χ1n) is 11.1. The van der Waals surface area contributed by atoms with Crippen LogP contribution in [0.25, 0.3) is 11.0 Å². The van der Waals surface area contributed by atoms with Gasteiger partial charge in [0.2, 0.25) is 5.75 Å². The van der Waals surface area contributed by atoms with Gasteiger partial charge in [0.15, 0.2) is 11.3 Å². The minimum absolute atomic E-state index is 0.0101. The Morgan fingerprint density at radius 2 is 1.42 bits per heavy atom. The van der Waals surface area contributed by atoms with Crippen molar-refractivity contribution in [3.05, 3.63) is 127 Å². The summed E-state index contributed by atoms with van der Waals surface area (Å²) in [6, 6.07) is 30.6. The lowest BCUT2D eigenvalue weighted by Crippen LogP contribution is -2.09. The van der Waals surface area contributed by atoms with Gasteiger partial charge in [-0.15, -0.1) is 0 Å². The summed E-state index contributed by atoms with van der Waals surface area (Å²) in [5.41, 5.74) is 1.81. The van der Waals surface area contributed by atoms with Gasteiger partial charge in [-0.3, -0.25) is 0 Å². The third-order valence-electron chi connectivity index (χ3n) is 5.39. The minimum Gasteiger partial charge on any atom is -0.489 e. The number of ether oxygens (including phenoxy) is 3. The number of fused-ring (bicyclic) bond motifs is 1. The number of hydrogen-bond acceptors (Lipinski definition) is 5. The van der Waals surface area contributed by atoms with Gasteiger partial charge in [-0.25, -0.2) is 4.79 Å². The Balaban J connectivity index is 1.51. The monoisotopic (exact) mass is 654 g/mol. The molecule has 0 aliphatic rings. The molecular weight excluding hydrogens is 635 g/mol. The van der Waals surface area contributed by atoms with Crippen molar-refractivity contribution in [2.75, 3.05) is 0 Å². The van der Waals surface area contributed by atoms with Gasteiger partial charge in [0.05, 0.1) is 13.4 Å². The number of para-hydroxylation sites is 1. The third kappa shape index (κ3) is 5.57. The first-order valence-corrected chi connectivity index (χ1v) is 13.0. The molecule has 0 saturated heterocycles. The summed E-state index contributed by atoms with van der Waals surface area (Å²) < 4.78 is 25.4. The molecule has 0 N–H and O–H groups in total. The molecule has 5 rings (SSSR count). The lowest BCUT2D eigenvalue weighted by Gasteiger charge is -2.16. The molecule has 0 bridgehead atoms. The topological polar surface area (TPSA) is 57.9 Å². The van der Waals surface area contributed by atoms with Crippen molar-refractivity contribution in [1.82, 2.24) is 0 Å². The van der Waals surface area contributed by atoms with Crippen molar-refractivity contribution in [3.63, 3.8) is 0 Å². The van der Waals surface area contributed by atoms with E-state index in [0.717, 1.165) is 14.7 Å². The van der Waals surface area contributed by atoms with E-state index in [1.54, 1.807) is 6.07 Å². The van der Waals surface area contributed by atoms with E-state index in [-0.39, 0.29) is 18.1 Å². The average molecular weight is 655 g/mol. The van der Waals surface area contributed by atoms with Crippen LogP contribution in [0.15, 0.2) is 111 Å². The molecule has 36 heavy (non-hydrogen) atoms. The highest BCUT2D eigenvalue weighted by Gasteiger charge is 2.21. The Bertz CT molecular complexity index is 1550. The van der Waals surface area contributed by atoms with Gasteiger partial charge in [0.25, 0.3) is 0 Å². The highest BCUT2D eigenvalue weighted by molar-refractivity contribution is 14.1. The van der Waals surface area contributed by atoms with Gasteiger partial charge < -0.3 is 18.6 Å². The standard InChI is InChI=1S/C29H20BrIO5/c30-23-15-14-21(33-17-19-8-3-1-4-9-19)16-25(23)35-27-22-12-7-13-24(31)26(22)36-29(32)28(27)34-18-20-10-5-2-6-11-20/h1-16H,17-18H2. The number of hydrogen-bond donors (Lipinski definition) is 0. The molecule has 0 atom stereocenters. The van der Waals surface area contributed by atoms with Gasteiger partial charge in [0.1, 0.15) is 24.7 Å². The summed E-state index contributed by atoms with van der Waals surface area (Å²) in [7, 11) is 0. The molecule has 1 heterocycles. The SMILES string of the molecule is O=c1oc2c(I)cccc2c(Oc2cc(OCc3ccccc3)ccc2Br)c1OCc1ccccc1. The van der Waals surface area contributed by atoms with Crippen LogP contribution in [0.2, 0.25) is 0 Å². The summed E-state index contributed by atoms with van der Waals surface area (Å²) in [5.74, 6) is 1.41. The summed E-state index contributed by atoms with van der Waals surface area (Å²) in [5, 5.41) is 0.632. The summed E-state index contributed by atoms with van der Waals surface area (Å²) in [4.78, 5) is 13.0. The Hall–Kier alpha value is -3.30. The van der Waals surface area contributed by atoms with Gasteiger partial charge >= 0.3 is 5.63 Å². The van der Waals surface area contributed by atoms with E-state index in [2.05, 4.69) is 38.5 Å². The molecule has 0 spiro atoms. The van der Waals surface area contributed by atoms with Crippen LogP contribution in [-0.2, 0) is 13.2 Å². The molecular formula is C29H20BrIO5. The molecule has 0 fully saturated rings. The van der Waals surface area contributed by atoms with Crippen molar-refractivity contribution in [1.29, 1.82) is 0 Å². The Morgan fingerprint density at radius 3 is 2.11 bits per heavy atom. The fourth-order valence-corrected chi connectivity index (χ4v) is 4.54. The van der Waals surface area contributed by atoms with Crippen molar-refractivity contribution >= 4 is 49.5 Å². The summed E-state index contributed by atoms with van der Waals surface area (Å²) in [6.07, 6.45) is 0. The predicted molar refractivity (Wildman–Crippen MR) is 151 cm³/mol. The van der Waals surface area contributed by atoms with Gasteiger partial charge in [0, 0.05) is 6.07 Å². The quantitative estimate of drug-likeness (QED) is 0.125. The first-order chi connectivity index (χ1) is 17.6. The lowest BCUT2D eigenvalue weighted by molar-refractivity contribution is 0.276. The van der Waals surface area contributed by atoms with Crippen LogP contribution in [-0.4, -0.2) is 0 Å². The fourth-order valence-electron chi connectivity index (χ4n) is 3.60. The maximum atomic E-state index is 13.0. The molecule has 0 unspecified atom stereocenters. The number of benzene rings is 4. The molecule has 0 amide bonds. The Morgan fingerprint density at radius 1 is 0.750 bits per heavy atom. The van der Waals surface area contributed by atoms with Gasteiger partial charge in [-0.05, 0) is 73.9 Å². The fraction of sp³-hybridized carbons (Fsp3) is 0.0690. The molecule has 7 heteroatoms. The number of rotatable bonds is 8. The molecule has 0 radical (unpaired) electrons. The van der Waals surface area contributed by atoms with E-state index in [4.69, 9.17) is 18.6 Å². The van der Waals surface area contributed by atoms with E-state index in [1.807, 2.05) is 91.0 Å². The molecule has 1 aromatic heterocycles. The van der Waals surface area contributed by atoms with Gasteiger partial charge in [-0.2, -0.15) is 0 Å². The van der Waals surface area contributed by atoms with E-state index in [1.165, 1.54) is 0 Å². The molecule has 0 aliphatic heterocycles. The van der Waals surface area contributed by atoms with Crippen LogP contribution in [0, 0.1) is 3.57 Å². The van der Waals surface area contributed by atoms with Crippen molar-refractivity contribution in [2.24, 2.45) is 0 Å². The highest BCUT2D eigenvalue weighted by Crippen LogP contribution is 2.41. The maximum absolute atomic E-state index is 13.0. The van der Waals surface area contributed by atoms with E-state index in [0.29, 0.717) is 33.5 Å². The predicted octanol–water partition coefficient (Wildman–Crippen LogP) is 8.11.